The molecule has 1 fully saturated rings. The molecule has 12 nitrogen and oxygen atoms in total. The van der Waals surface area contributed by atoms with Crippen LogP contribution in [-0.4, -0.2) is 81.3 Å². The van der Waals surface area contributed by atoms with Crippen LogP contribution in [0, 0.1) is 0 Å². The number of carbonyl (C=O) groups is 5. The lowest BCUT2D eigenvalue weighted by Gasteiger charge is -2.23. The van der Waals surface area contributed by atoms with E-state index in [2.05, 4.69) is 10.6 Å². The van der Waals surface area contributed by atoms with Gasteiger partial charge in [-0.15, -0.1) is 11.8 Å². The molecule has 1 saturated heterocycles. The molecule has 198 valence electrons. The number of nitrogens with two attached hydrogens (primary N) is 1. The highest BCUT2D eigenvalue weighted by molar-refractivity contribution is 7.99. The Morgan fingerprint density at radius 3 is 2.42 bits per heavy atom. The van der Waals surface area contributed by atoms with Crippen molar-refractivity contribution in [1.82, 2.24) is 15.5 Å². The van der Waals surface area contributed by atoms with Crippen LogP contribution in [0.3, 0.4) is 0 Å². The molecular weight excluding hydrogens is 492 g/mol. The summed E-state index contributed by atoms with van der Waals surface area (Å²) < 4.78 is 5.16. The third kappa shape index (κ3) is 9.38. The van der Waals surface area contributed by atoms with E-state index in [4.69, 9.17) is 10.5 Å². The van der Waals surface area contributed by atoms with Gasteiger partial charge in [-0.25, -0.2) is 14.4 Å². The van der Waals surface area contributed by atoms with Gasteiger partial charge in [0.15, 0.2) is 0 Å². The lowest BCUT2D eigenvalue weighted by atomic mass is 10.1. The average Bonchev–Trinajstić information content (AvgIpc) is 3.35. The molecule has 2 rings (SSSR count). The molecule has 1 aromatic rings. The molecule has 1 aromatic carbocycles. The van der Waals surface area contributed by atoms with Crippen LogP contribution in [0.1, 0.15) is 37.7 Å². The summed E-state index contributed by atoms with van der Waals surface area (Å²) in [4.78, 5) is 61.8. The maximum atomic E-state index is 12.9. The zero-order chi connectivity index (χ0) is 26.5. The summed E-state index contributed by atoms with van der Waals surface area (Å²) in [5, 5.41) is 23.6. The number of hydrogen-bond acceptors (Lipinski definition) is 8. The smallest absolute Gasteiger partial charge is 0.408 e. The monoisotopic (exact) mass is 524 g/mol. The predicted octanol–water partition coefficient (Wildman–Crippen LogP) is 0.746. The van der Waals surface area contributed by atoms with Crippen molar-refractivity contribution in [2.75, 3.05) is 18.2 Å². The third-order valence-corrected chi connectivity index (χ3v) is 6.53. The largest absolute Gasteiger partial charge is 0.480 e. The van der Waals surface area contributed by atoms with E-state index in [-0.39, 0.29) is 37.5 Å². The number of hydrogen-bond donors (Lipinski definition) is 5. The van der Waals surface area contributed by atoms with Gasteiger partial charge in [-0.05, 0) is 37.8 Å². The van der Waals surface area contributed by atoms with Crippen molar-refractivity contribution in [2.45, 2.75) is 56.8 Å². The van der Waals surface area contributed by atoms with Crippen LogP contribution in [-0.2, 0) is 30.5 Å². The highest BCUT2D eigenvalue weighted by Crippen LogP contribution is 2.22. The van der Waals surface area contributed by atoms with Gasteiger partial charge in [0, 0.05) is 12.2 Å². The van der Waals surface area contributed by atoms with E-state index in [0.717, 1.165) is 5.56 Å². The minimum absolute atomic E-state index is 0.00417. The first kappa shape index (κ1) is 28.9. The number of alkyl carbamates (subject to hydrolysis) is 1. The number of carboxylic acids is 2. The molecule has 0 spiro atoms. The number of rotatable bonds is 14. The van der Waals surface area contributed by atoms with Crippen LogP contribution in [0.15, 0.2) is 30.3 Å². The van der Waals surface area contributed by atoms with E-state index in [9.17, 15) is 34.2 Å². The van der Waals surface area contributed by atoms with Gasteiger partial charge in [0.25, 0.3) is 0 Å². The first-order valence-electron chi connectivity index (χ1n) is 11.5. The number of carbonyl (C=O) groups excluding carboxylic acids is 3. The van der Waals surface area contributed by atoms with E-state index in [1.165, 1.54) is 16.7 Å². The normalized spacial score (nSPS) is 16.6. The quantitative estimate of drug-likeness (QED) is 0.217. The first-order chi connectivity index (χ1) is 17.2. The van der Waals surface area contributed by atoms with Crippen LogP contribution in [0.25, 0.3) is 0 Å². The van der Waals surface area contributed by atoms with Gasteiger partial charge in [-0.1, -0.05) is 30.3 Å². The minimum Gasteiger partial charge on any atom is -0.480 e. The van der Waals surface area contributed by atoms with Crippen molar-refractivity contribution in [1.29, 1.82) is 0 Å². The van der Waals surface area contributed by atoms with Crippen molar-refractivity contribution in [3.63, 3.8) is 0 Å². The van der Waals surface area contributed by atoms with E-state index in [0.29, 0.717) is 19.4 Å². The van der Waals surface area contributed by atoms with Gasteiger partial charge in [0.1, 0.15) is 24.7 Å². The molecule has 0 bridgehead atoms. The SMILES string of the molecule is NCCCC[C@H](NC(=O)OCc1ccccc1)C(=O)N[C@H](CCC(=O)N1CSC[C@H]1C(=O)O)C(=O)O. The van der Waals surface area contributed by atoms with Crippen molar-refractivity contribution >= 4 is 41.6 Å². The van der Waals surface area contributed by atoms with E-state index >= 15 is 0 Å². The molecule has 6 N–H and O–H groups in total. The van der Waals surface area contributed by atoms with E-state index < -0.39 is 48.0 Å². The van der Waals surface area contributed by atoms with Gasteiger partial charge < -0.3 is 36.2 Å². The van der Waals surface area contributed by atoms with Crippen molar-refractivity contribution < 1.29 is 38.9 Å². The summed E-state index contributed by atoms with van der Waals surface area (Å²) in [6.07, 6.45) is -0.0135. The highest BCUT2D eigenvalue weighted by atomic mass is 32.2. The highest BCUT2D eigenvalue weighted by Gasteiger charge is 2.35. The molecule has 0 radical (unpaired) electrons. The number of carboxylic acid groups (broad SMARTS) is 2. The number of amides is 3. The third-order valence-electron chi connectivity index (χ3n) is 5.52. The fraction of sp³-hybridized carbons (Fsp3) is 0.522. The Morgan fingerprint density at radius 2 is 1.78 bits per heavy atom. The lowest BCUT2D eigenvalue weighted by molar-refractivity contribution is -0.148. The van der Waals surface area contributed by atoms with Crippen molar-refractivity contribution in [3.8, 4) is 0 Å². The van der Waals surface area contributed by atoms with Crippen LogP contribution < -0.4 is 16.4 Å². The van der Waals surface area contributed by atoms with Crippen molar-refractivity contribution in [3.05, 3.63) is 35.9 Å². The number of benzene rings is 1. The summed E-state index contributed by atoms with van der Waals surface area (Å²) in [6, 6.07) is 5.53. The standard InChI is InChI=1S/C23H32N4O8S/c24-11-5-4-8-16(26-23(34)35-12-15-6-2-1-3-7-15)20(29)25-17(21(30)31)9-10-19(28)27-14-36-13-18(27)22(32)33/h1-3,6-7,16-18H,4-5,8-14,24H2,(H,25,29)(H,26,34)(H,30,31)(H,32,33)/t16-,17+,18-/m0/s1. The molecule has 13 heteroatoms. The maximum Gasteiger partial charge on any atom is 0.408 e. The van der Waals surface area contributed by atoms with Gasteiger partial charge in [0.2, 0.25) is 11.8 Å². The fourth-order valence-electron chi connectivity index (χ4n) is 3.50. The molecular formula is C23H32N4O8S. The van der Waals surface area contributed by atoms with Gasteiger partial charge >= 0.3 is 18.0 Å². The second-order valence-electron chi connectivity index (χ2n) is 8.20. The lowest BCUT2D eigenvalue weighted by Crippen LogP contribution is -2.52. The second-order valence-corrected chi connectivity index (χ2v) is 9.20. The Hall–Kier alpha value is -3.32. The topological polar surface area (TPSA) is 188 Å². The molecule has 1 aliphatic heterocycles. The Morgan fingerprint density at radius 1 is 1.06 bits per heavy atom. The van der Waals surface area contributed by atoms with Crippen LogP contribution in [0.5, 0.6) is 0 Å². The zero-order valence-electron chi connectivity index (χ0n) is 19.8. The number of aliphatic carboxylic acids is 2. The zero-order valence-corrected chi connectivity index (χ0v) is 20.6. The summed E-state index contributed by atoms with van der Waals surface area (Å²) in [5.41, 5.74) is 6.27. The molecule has 0 unspecified atom stereocenters. The van der Waals surface area contributed by atoms with E-state index in [1.54, 1.807) is 24.3 Å². The Balaban J connectivity index is 1.95. The molecule has 0 aliphatic carbocycles. The average molecular weight is 525 g/mol. The van der Waals surface area contributed by atoms with Gasteiger partial charge in [0.05, 0.1) is 5.88 Å². The summed E-state index contributed by atoms with van der Waals surface area (Å²) in [5.74, 6) is -3.25. The van der Waals surface area contributed by atoms with Gasteiger partial charge in [-0.3, -0.25) is 9.59 Å². The second kappa shape index (κ2) is 14.9. The first-order valence-corrected chi connectivity index (χ1v) is 12.7. The molecule has 0 aromatic heterocycles. The number of nitrogens with zero attached hydrogens (tertiary/aromatic N) is 1. The minimum atomic E-state index is -1.40. The molecule has 0 saturated carbocycles. The van der Waals surface area contributed by atoms with Gasteiger partial charge in [-0.2, -0.15) is 0 Å². The fourth-order valence-corrected chi connectivity index (χ4v) is 4.67. The summed E-state index contributed by atoms with van der Waals surface area (Å²) in [6.45, 7) is 0.384. The van der Waals surface area contributed by atoms with Crippen molar-refractivity contribution in [2.24, 2.45) is 5.73 Å². The number of nitrogens with one attached hydrogen (secondary N) is 2. The number of unbranched alkanes of at least 4 members (excludes halogenated alkanes) is 1. The molecule has 3 atom stereocenters. The van der Waals surface area contributed by atoms with Crippen LogP contribution in [0.2, 0.25) is 0 Å². The molecule has 3 amide bonds. The molecule has 36 heavy (non-hydrogen) atoms. The number of thioether (sulfide) groups is 1. The Bertz CT molecular complexity index is 917. The van der Waals surface area contributed by atoms with Crippen LogP contribution >= 0.6 is 11.8 Å². The summed E-state index contributed by atoms with van der Waals surface area (Å²) in [7, 11) is 0. The Labute approximate surface area is 212 Å². The van der Waals surface area contributed by atoms with Crippen LogP contribution in [0.4, 0.5) is 4.79 Å². The molecule has 1 heterocycles. The summed E-state index contributed by atoms with van der Waals surface area (Å²) >= 11 is 1.30. The molecule has 1 aliphatic rings. The predicted molar refractivity (Wildman–Crippen MR) is 131 cm³/mol. The Kier molecular flexibility index (Phi) is 12.0. The maximum absolute atomic E-state index is 12.9. The number of ether oxygens (including phenoxy) is 1. The van der Waals surface area contributed by atoms with E-state index in [1.807, 2.05) is 6.07 Å².